The van der Waals surface area contributed by atoms with Crippen LogP contribution in [0.1, 0.15) is 51.8 Å². The first-order valence-electron chi connectivity index (χ1n) is 9.05. The average molecular weight is 379 g/mol. The topological polar surface area (TPSA) is 132 Å². The van der Waals surface area contributed by atoms with E-state index in [2.05, 4.69) is 10.2 Å². The number of anilines is 1. The van der Waals surface area contributed by atoms with Crippen molar-refractivity contribution in [3.8, 4) is 0 Å². The Bertz CT molecular complexity index is 732. The molecule has 1 aromatic rings. The van der Waals surface area contributed by atoms with Crippen LogP contribution in [0.4, 0.5) is 10.8 Å². The van der Waals surface area contributed by atoms with Crippen molar-refractivity contribution in [2.45, 2.75) is 51.6 Å². The van der Waals surface area contributed by atoms with E-state index in [4.69, 9.17) is 14.9 Å². The van der Waals surface area contributed by atoms with E-state index in [1.54, 1.807) is 4.90 Å². The molecule has 3 amide bonds. The predicted octanol–water partition coefficient (Wildman–Crippen LogP) is 1.02. The Labute approximate surface area is 157 Å². The van der Waals surface area contributed by atoms with E-state index in [0.717, 1.165) is 0 Å². The molecule has 0 saturated carbocycles. The summed E-state index contributed by atoms with van der Waals surface area (Å²) >= 11 is 0. The quantitative estimate of drug-likeness (QED) is 0.829. The first kappa shape index (κ1) is 19.1. The number of hydrogen-bond acceptors (Lipinski definition) is 7. The fourth-order valence-corrected chi connectivity index (χ4v) is 3.22. The van der Waals surface area contributed by atoms with Crippen molar-refractivity contribution in [3.05, 3.63) is 5.89 Å². The van der Waals surface area contributed by atoms with E-state index in [9.17, 15) is 14.4 Å². The van der Waals surface area contributed by atoms with Crippen LogP contribution in [0.15, 0.2) is 4.42 Å². The number of amides is 3. The zero-order valence-corrected chi connectivity index (χ0v) is 15.8. The van der Waals surface area contributed by atoms with Gasteiger partial charge in [0.25, 0.3) is 0 Å². The number of primary amides is 1. The van der Waals surface area contributed by atoms with Crippen molar-refractivity contribution in [3.63, 3.8) is 0 Å². The third-order valence-electron chi connectivity index (χ3n) is 4.68. The second-order valence-electron chi connectivity index (χ2n) is 7.97. The van der Waals surface area contributed by atoms with Crippen LogP contribution in [-0.4, -0.2) is 58.2 Å². The summed E-state index contributed by atoms with van der Waals surface area (Å²) in [6.45, 7) is 6.72. The molecule has 0 aromatic carbocycles. The van der Waals surface area contributed by atoms with Gasteiger partial charge in [0.15, 0.2) is 0 Å². The normalized spacial score (nSPS) is 21.6. The lowest BCUT2D eigenvalue weighted by molar-refractivity contribution is -0.123. The van der Waals surface area contributed by atoms with Crippen molar-refractivity contribution in [2.24, 2.45) is 11.7 Å². The van der Waals surface area contributed by atoms with Crippen molar-refractivity contribution in [2.75, 3.05) is 24.5 Å². The maximum Gasteiger partial charge on any atom is 0.410 e. The first-order valence-corrected chi connectivity index (χ1v) is 9.05. The van der Waals surface area contributed by atoms with Gasteiger partial charge >= 0.3 is 12.1 Å². The van der Waals surface area contributed by atoms with E-state index in [1.807, 2.05) is 20.8 Å². The third kappa shape index (κ3) is 4.37. The molecule has 0 spiro atoms. The molecule has 0 bridgehead atoms. The number of aromatic nitrogens is 2. The summed E-state index contributed by atoms with van der Waals surface area (Å²) in [4.78, 5) is 38.4. The van der Waals surface area contributed by atoms with Gasteiger partial charge in [0.05, 0.1) is 5.92 Å². The SMILES string of the molecule is CC(C)(C)OC(=O)N1CCC(c2nnc(N3CC(C(N)=O)CC3=O)o2)CC1. The van der Waals surface area contributed by atoms with E-state index in [1.165, 1.54) is 4.90 Å². The van der Waals surface area contributed by atoms with Crippen LogP contribution in [0.5, 0.6) is 0 Å². The second-order valence-corrected chi connectivity index (χ2v) is 7.97. The molecule has 10 nitrogen and oxygen atoms in total. The number of rotatable bonds is 3. The molecule has 2 aliphatic heterocycles. The number of likely N-dealkylation sites (tertiary alicyclic amines) is 1. The maximum absolute atomic E-state index is 12.1. The minimum Gasteiger partial charge on any atom is -0.444 e. The average Bonchev–Trinajstić information content (AvgIpc) is 3.20. The van der Waals surface area contributed by atoms with Gasteiger partial charge in [-0.15, -0.1) is 5.10 Å². The summed E-state index contributed by atoms with van der Waals surface area (Å²) in [5.74, 6) is -0.863. The Morgan fingerprint density at radius 2 is 1.89 bits per heavy atom. The Hall–Kier alpha value is -2.65. The van der Waals surface area contributed by atoms with Gasteiger partial charge in [-0.05, 0) is 33.6 Å². The second kappa shape index (κ2) is 7.16. The Morgan fingerprint density at radius 3 is 2.44 bits per heavy atom. The molecule has 27 heavy (non-hydrogen) atoms. The fourth-order valence-electron chi connectivity index (χ4n) is 3.22. The molecule has 0 aliphatic carbocycles. The van der Waals surface area contributed by atoms with E-state index >= 15 is 0 Å². The largest absolute Gasteiger partial charge is 0.444 e. The van der Waals surface area contributed by atoms with Crippen LogP contribution >= 0.6 is 0 Å². The highest BCUT2D eigenvalue weighted by Gasteiger charge is 2.37. The van der Waals surface area contributed by atoms with Gasteiger partial charge in [-0.2, -0.15) is 0 Å². The summed E-state index contributed by atoms with van der Waals surface area (Å²) in [6.07, 6.45) is 1.06. The zero-order chi connectivity index (χ0) is 19.8. The smallest absolute Gasteiger partial charge is 0.410 e. The maximum atomic E-state index is 12.1. The molecule has 2 N–H and O–H groups in total. The molecule has 1 aromatic heterocycles. The summed E-state index contributed by atoms with van der Waals surface area (Å²) in [5.41, 5.74) is 4.74. The van der Waals surface area contributed by atoms with Crippen LogP contribution in [-0.2, 0) is 14.3 Å². The van der Waals surface area contributed by atoms with E-state index < -0.39 is 17.4 Å². The molecule has 2 fully saturated rings. The van der Waals surface area contributed by atoms with Gasteiger partial charge in [0.2, 0.25) is 17.7 Å². The van der Waals surface area contributed by atoms with Gasteiger partial charge in [-0.25, -0.2) is 4.79 Å². The van der Waals surface area contributed by atoms with Crippen molar-refractivity contribution in [1.29, 1.82) is 0 Å². The van der Waals surface area contributed by atoms with Crippen LogP contribution in [0, 0.1) is 5.92 Å². The highest BCUT2D eigenvalue weighted by Crippen LogP contribution is 2.31. The fraction of sp³-hybridized carbons (Fsp3) is 0.706. The lowest BCUT2D eigenvalue weighted by Crippen LogP contribution is -2.41. The molecule has 3 heterocycles. The lowest BCUT2D eigenvalue weighted by atomic mass is 9.97. The Balaban J connectivity index is 1.58. The standard InChI is InChI=1S/C17H25N5O5/c1-17(2,3)27-16(25)21-6-4-10(5-7-21)14-19-20-15(26-14)22-9-11(13(18)24)8-12(22)23/h10-11H,4-9H2,1-3H3,(H2,18,24). The minimum atomic E-state index is -0.537. The van der Waals surface area contributed by atoms with Crippen LogP contribution in [0.25, 0.3) is 0 Å². The van der Waals surface area contributed by atoms with Crippen molar-refractivity contribution >= 4 is 23.9 Å². The molecular weight excluding hydrogens is 354 g/mol. The minimum absolute atomic E-state index is 0.00887. The molecule has 1 atom stereocenters. The molecule has 2 aliphatic rings. The van der Waals surface area contributed by atoms with Crippen LogP contribution in [0.3, 0.4) is 0 Å². The zero-order valence-electron chi connectivity index (χ0n) is 15.8. The molecule has 0 radical (unpaired) electrons. The van der Waals surface area contributed by atoms with E-state index in [-0.39, 0.29) is 36.9 Å². The third-order valence-corrected chi connectivity index (χ3v) is 4.68. The number of piperidine rings is 1. The Kier molecular flexibility index (Phi) is 5.07. The molecule has 10 heteroatoms. The van der Waals surface area contributed by atoms with Crippen molar-refractivity contribution in [1.82, 2.24) is 15.1 Å². The molecule has 148 valence electrons. The monoisotopic (exact) mass is 379 g/mol. The molecule has 1 unspecified atom stereocenters. The van der Waals surface area contributed by atoms with Gasteiger partial charge in [-0.3, -0.25) is 14.5 Å². The van der Waals surface area contributed by atoms with Crippen LogP contribution in [0.2, 0.25) is 0 Å². The number of nitrogens with two attached hydrogens (primary N) is 1. The molecular formula is C17H25N5O5. The van der Waals surface area contributed by atoms with Crippen LogP contribution < -0.4 is 10.6 Å². The molecule has 3 rings (SSSR count). The van der Waals surface area contributed by atoms with Gasteiger partial charge < -0.3 is 19.8 Å². The highest BCUT2D eigenvalue weighted by molar-refractivity contribution is 5.98. The van der Waals surface area contributed by atoms with Gasteiger partial charge in [0, 0.05) is 32.0 Å². The van der Waals surface area contributed by atoms with Gasteiger partial charge in [-0.1, -0.05) is 5.10 Å². The number of carbonyl (C=O) groups is 3. The summed E-state index contributed by atoms with van der Waals surface area (Å²) in [7, 11) is 0. The summed E-state index contributed by atoms with van der Waals surface area (Å²) < 4.78 is 11.1. The Morgan fingerprint density at radius 1 is 1.22 bits per heavy atom. The number of hydrogen-bond donors (Lipinski definition) is 1. The lowest BCUT2D eigenvalue weighted by Gasteiger charge is -2.32. The number of nitrogens with zero attached hydrogens (tertiary/aromatic N) is 4. The molecule has 2 saturated heterocycles. The van der Waals surface area contributed by atoms with Crippen molar-refractivity contribution < 1.29 is 23.5 Å². The number of carbonyl (C=O) groups excluding carboxylic acids is 3. The first-order chi connectivity index (χ1) is 12.6. The predicted molar refractivity (Wildman–Crippen MR) is 93.7 cm³/mol. The van der Waals surface area contributed by atoms with Gasteiger partial charge in [0.1, 0.15) is 5.60 Å². The summed E-state index contributed by atoms with van der Waals surface area (Å²) in [5, 5.41) is 8.01. The highest BCUT2D eigenvalue weighted by atomic mass is 16.6. The van der Waals surface area contributed by atoms with E-state index in [0.29, 0.717) is 31.8 Å². The number of ether oxygens (including phenoxy) is 1. The summed E-state index contributed by atoms with van der Waals surface area (Å²) in [6, 6.07) is 0.0910.